The molecule has 0 aliphatic carbocycles. The van der Waals surface area contributed by atoms with Crippen LogP contribution in [0, 0.1) is 5.82 Å². The van der Waals surface area contributed by atoms with E-state index in [9.17, 15) is 12.8 Å². The van der Waals surface area contributed by atoms with E-state index in [1.54, 1.807) is 0 Å². The Kier molecular flexibility index (Phi) is 4.05. The van der Waals surface area contributed by atoms with Gasteiger partial charge in [-0.3, -0.25) is 0 Å². The molecule has 1 aromatic carbocycles. The van der Waals surface area contributed by atoms with Crippen molar-refractivity contribution in [3.63, 3.8) is 0 Å². The zero-order valence-electron chi connectivity index (χ0n) is 9.51. The Morgan fingerprint density at radius 3 is 2.83 bits per heavy atom. The van der Waals surface area contributed by atoms with Gasteiger partial charge in [-0.25, -0.2) is 12.8 Å². The van der Waals surface area contributed by atoms with Crippen molar-refractivity contribution in [3.05, 3.63) is 28.5 Å². The van der Waals surface area contributed by atoms with Crippen LogP contribution in [0.15, 0.2) is 27.6 Å². The minimum absolute atomic E-state index is 0.0800. The summed E-state index contributed by atoms with van der Waals surface area (Å²) in [6, 6.07) is 3.31. The van der Waals surface area contributed by atoms with Gasteiger partial charge in [0.15, 0.2) is 0 Å². The molecule has 1 fully saturated rings. The molecule has 0 radical (unpaired) electrons. The third-order valence-electron chi connectivity index (χ3n) is 3.03. The maximum absolute atomic E-state index is 13.4. The molecular formula is C11H13BrFNO3S. The molecule has 1 heterocycles. The third kappa shape index (κ3) is 2.45. The van der Waals surface area contributed by atoms with Gasteiger partial charge in [-0.05, 0) is 47.0 Å². The molecule has 2 rings (SSSR count). The van der Waals surface area contributed by atoms with E-state index < -0.39 is 21.9 Å². The van der Waals surface area contributed by atoms with Crippen LogP contribution in [0.25, 0.3) is 0 Å². The van der Waals surface area contributed by atoms with Gasteiger partial charge in [0.1, 0.15) is 5.82 Å². The van der Waals surface area contributed by atoms with Crippen LogP contribution >= 0.6 is 15.9 Å². The van der Waals surface area contributed by atoms with Crippen LogP contribution in [-0.4, -0.2) is 37.0 Å². The quantitative estimate of drug-likeness (QED) is 0.913. The van der Waals surface area contributed by atoms with E-state index in [0.717, 1.165) is 6.07 Å². The van der Waals surface area contributed by atoms with Gasteiger partial charge in [-0.15, -0.1) is 0 Å². The third-order valence-corrected chi connectivity index (χ3v) is 5.62. The fourth-order valence-corrected chi connectivity index (χ4v) is 4.02. The topological polar surface area (TPSA) is 57.6 Å². The summed E-state index contributed by atoms with van der Waals surface area (Å²) in [5.41, 5.74) is 0. The number of hydrogen-bond donors (Lipinski definition) is 1. The Balaban J connectivity index is 2.38. The summed E-state index contributed by atoms with van der Waals surface area (Å²) in [4.78, 5) is -0.0800. The standard InChI is InChI=1S/C11H13BrFNO3S/c12-10-4-3-9(6-11(10)13)18(16,17)14-5-1-2-8(14)7-15/h3-4,6,8,15H,1-2,5,7H2. The van der Waals surface area contributed by atoms with E-state index in [4.69, 9.17) is 5.11 Å². The van der Waals surface area contributed by atoms with Gasteiger partial charge in [0.25, 0.3) is 0 Å². The van der Waals surface area contributed by atoms with Gasteiger partial charge >= 0.3 is 0 Å². The molecule has 0 spiro atoms. The molecule has 1 aliphatic heterocycles. The molecule has 1 aliphatic rings. The number of hydrogen-bond acceptors (Lipinski definition) is 3. The molecule has 0 bridgehead atoms. The normalized spacial score (nSPS) is 21.4. The van der Waals surface area contributed by atoms with E-state index in [-0.39, 0.29) is 16.0 Å². The SMILES string of the molecule is O=S(=O)(c1ccc(Br)c(F)c1)N1CCCC1CO. The molecule has 100 valence electrons. The van der Waals surface area contributed by atoms with Crippen molar-refractivity contribution in [1.29, 1.82) is 0 Å². The average molecular weight is 338 g/mol. The van der Waals surface area contributed by atoms with Gasteiger partial charge in [0.2, 0.25) is 10.0 Å². The second-order valence-corrected chi connectivity index (χ2v) is 6.92. The highest BCUT2D eigenvalue weighted by molar-refractivity contribution is 9.10. The van der Waals surface area contributed by atoms with Crippen LogP contribution in [0.3, 0.4) is 0 Å². The molecule has 4 nitrogen and oxygen atoms in total. The summed E-state index contributed by atoms with van der Waals surface area (Å²) in [6.07, 6.45) is 1.35. The van der Waals surface area contributed by atoms with E-state index in [1.165, 1.54) is 16.4 Å². The summed E-state index contributed by atoms with van der Waals surface area (Å²) >= 11 is 2.98. The maximum atomic E-state index is 13.4. The van der Waals surface area contributed by atoms with E-state index in [2.05, 4.69) is 15.9 Å². The summed E-state index contributed by atoms with van der Waals surface area (Å²) in [7, 11) is -3.73. The number of aliphatic hydroxyl groups excluding tert-OH is 1. The van der Waals surface area contributed by atoms with Crippen LogP contribution in [0.1, 0.15) is 12.8 Å². The molecule has 18 heavy (non-hydrogen) atoms. The highest BCUT2D eigenvalue weighted by atomic mass is 79.9. The largest absolute Gasteiger partial charge is 0.395 e. The predicted molar refractivity (Wildman–Crippen MR) is 68.1 cm³/mol. The molecule has 0 amide bonds. The second kappa shape index (κ2) is 5.24. The Labute approximate surface area is 114 Å². The average Bonchev–Trinajstić information content (AvgIpc) is 2.81. The summed E-state index contributed by atoms with van der Waals surface area (Å²) in [5.74, 6) is -0.615. The second-order valence-electron chi connectivity index (χ2n) is 4.17. The van der Waals surface area contributed by atoms with Crippen LogP contribution < -0.4 is 0 Å². The predicted octanol–water partition coefficient (Wildman–Crippen LogP) is 1.73. The van der Waals surface area contributed by atoms with Gasteiger partial charge in [-0.1, -0.05) is 0 Å². The highest BCUT2D eigenvalue weighted by Crippen LogP contribution is 2.27. The first-order chi connectivity index (χ1) is 8.46. The molecule has 1 atom stereocenters. The number of nitrogens with zero attached hydrogens (tertiary/aromatic N) is 1. The van der Waals surface area contributed by atoms with Crippen LogP contribution in [0.5, 0.6) is 0 Å². The highest BCUT2D eigenvalue weighted by Gasteiger charge is 2.35. The molecule has 1 saturated heterocycles. The Morgan fingerprint density at radius 2 is 2.22 bits per heavy atom. The molecule has 7 heteroatoms. The van der Waals surface area contributed by atoms with Crippen LogP contribution in [-0.2, 0) is 10.0 Å². The van der Waals surface area contributed by atoms with Crippen molar-refractivity contribution in [3.8, 4) is 0 Å². The Morgan fingerprint density at radius 1 is 1.50 bits per heavy atom. The van der Waals surface area contributed by atoms with Crippen LogP contribution in [0.4, 0.5) is 4.39 Å². The van der Waals surface area contributed by atoms with Crippen molar-refractivity contribution in [2.75, 3.05) is 13.2 Å². The molecular weight excluding hydrogens is 325 g/mol. The van der Waals surface area contributed by atoms with Gasteiger partial charge in [0.05, 0.1) is 16.0 Å². The fourth-order valence-electron chi connectivity index (χ4n) is 2.08. The first-order valence-electron chi connectivity index (χ1n) is 5.54. The van der Waals surface area contributed by atoms with Crippen molar-refractivity contribution in [2.24, 2.45) is 0 Å². The number of halogens is 2. The first-order valence-corrected chi connectivity index (χ1v) is 7.78. The van der Waals surface area contributed by atoms with Crippen molar-refractivity contribution >= 4 is 26.0 Å². The number of rotatable bonds is 3. The van der Waals surface area contributed by atoms with E-state index in [0.29, 0.717) is 19.4 Å². The van der Waals surface area contributed by atoms with Gasteiger partial charge in [0, 0.05) is 12.6 Å². The van der Waals surface area contributed by atoms with Gasteiger partial charge < -0.3 is 5.11 Å². The minimum atomic E-state index is -3.73. The fraction of sp³-hybridized carbons (Fsp3) is 0.455. The summed E-state index contributed by atoms with van der Waals surface area (Å²) in [6.45, 7) is 0.156. The molecule has 0 saturated carbocycles. The van der Waals surface area contributed by atoms with Crippen molar-refractivity contribution in [1.82, 2.24) is 4.31 Å². The summed E-state index contributed by atoms with van der Waals surface area (Å²) < 4.78 is 39.5. The van der Waals surface area contributed by atoms with Gasteiger partial charge in [-0.2, -0.15) is 4.31 Å². The minimum Gasteiger partial charge on any atom is -0.395 e. The van der Waals surface area contributed by atoms with Crippen molar-refractivity contribution in [2.45, 2.75) is 23.8 Å². The maximum Gasteiger partial charge on any atom is 0.243 e. The Hall–Kier alpha value is -0.500. The smallest absolute Gasteiger partial charge is 0.243 e. The lowest BCUT2D eigenvalue weighted by atomic mass is 10.2. The monoisotopic (exact) mass is 337 g/mol. The Bertz CT molecular complexity index is 549. The zero-order chi connectivity index (χ0) is 13.3. The van der Waals surface area contributed by atoms with E-state index in [1.807, 2.05) is 0 Å². The molecule has 1 N–H and O–H groups in total. The lowest BCUT2D eigenvalue weighted by Gasteiger charge is -2.22. The number of aliphatic hydroxyl groups is 1. The van der Waals surface area contributed by atoms with E-state index >= 15 is 0 Å². The molecule has 1 aromatic rings. The molecule has 1 unspecified atom stereocenters. The zero-order valence-corrected chi connectivity index (χ0v) is 11.9. The lowest BCUT2D eigenvalue weighted by Crippen LogP contribution is -2.37. The number of benzene rings is 1. The lowest BCUT2D eigenvalue weighted by molar-refractivity contribution is 0.213. The first kappa shape index (κ1) is 13.9. The number of sulfonamides is 1. The molecule has 0 aromatic heterocycles. The summed E-state index contributed by atoms with van der Waals surface area (Å²) in [5, 5.41) is 9.16. The van der Waals surface area contributed by atoms with Crippen LogP contribution in [0.2, 0.25) is 0 Å². The van der Waals surface area contributed by atoms with Crippen molar-refractivity contribution < 1.29 is 17.9 Å².